The zero-order chi connectivity index (χ0) is 18.4. The molecule has 6 nitrogen and oxygen atoms in total. The molecule has 1 aromatic heterocycles. The molecule has 2 fully saturated rings. The first-order valence-electron chi connectivity index (χ1n) is 9.98. The van der Waals surface area contributed by atoms with Crippen LogP contribution in [-0.4, -0.2) is 62.2 Å². The van der Waals surface area contributed by atoms with Gasteiger partial charge in [0.25, 0.3) is 0 Å². The fourth-order valence-corrected chi connectivity index (χ4v) is 4.76. The SMILES string of the molecule is CN=C(NCc1csc(N(C)C)n1)NC1CCN(C2CCCCC2)CC1.I. The van der Waals surface area contributed by atoms with Gasteiger partial charge in [-0.2, -0.15) is 0 Å². The van der Waals surface area contributed by atoms with Gasteiger partial charge in [-0.3, -0.25) is 4.99 Å². The maximum absolute atomic E-state index is 4.62. The van der Waals surface area contributed by atoms with Crippen molar-refractivity contribution in [2.45, 2.75) is 63.6 Å². The van der Waals surface area contributed by atoms with E-state index in [1.165, 1.54) is 58.0 Å². The van der Waals surface area contributed by atoms with Crippen LogP contribution in [0.15, 0.2) is 10.4 Å². The molecule has 0 bridgehead atoms. The summed E-state index contributed by atoms with van der Waals surface area (Å²) < 4.78 is 0. The summed E-state index contributed by atoms with van der Waals surface area (Å²) in [5, 5.41) is 10.2. The Labute approximate surface area is 185 Å². The van der Waals surface area contributed by atoms with Gasteiger partial charge in [-0.05, 0) is 25.7 Å². The Balaban J connectivity index is 0.00000261. The summed E-state index contributed by atoms with van der Waals surface area (Å²) in [4.78, 5) is 13.8. The number of halogens is 1. The number of aromatic nitrogens is 1. The van der Waals surface area contributed by atoms with E-state index in [1.807, 2.05) is 26.0 Å². The van der Waals surface area contributed by atoms with E-state index in [1.54, 1.807) is 11.3 Å². The van der Waals surface area contributed by atoms with Crippen molar-refractivity contribution in [3.63, 3.8) is 0 Å². The van der Waals surface area contributed by atoms with Gasteiger partial charge in [0, 0.05) is 51.7 Å². The van der Waals surface area contributed by atoms with Crippen LogP contribution in [0.3, 0.4) is 0 Å². The van der Waals surface area contributed by atoms with Crippen LogP contribution in [-0.2, 0) is 6.54 Å². The quantitative estimate of drug-likeness (QED) is 0.365. The molecule has 0 unspecified atom stereocenters. The molecule has 154 valence electrons. The zero-order valence-electron chi connectivity index (χ0n) is 16.9. The molecule has 0 aromatic carbocycles. The summed E-state index contributed by atoms with van der Waals surface area (Å²) in [7, 11) is 5.89. The minimum atomic E-state index is 0. The van der Waals surface area contributed by atoms with Crippen molar-refractivity contribution < 1.29 is 0 Å². The summed E-state index contributed by atoms with van der Waals surface area (Å²) >= 11 is 1.68. The third-order valence-corrected chi connectivity index (χ3v) is 6.60. The first-order valence-corrected chi connectivity index (χ1v) is 10.9. The number of nitrogens with one attached hydrogen (secondary N) is 2. The van der Waals surface area contributed by atoms with Crippen LogP contribution in [0.2, 0.25) is 0 Å². The van der Waals surface area contributed by atoms with E-state index >= 15 is 0 Å². The molecule has 0 spiro atoms. The third-order valence-electron chi connectivity index (χ3n) is 5.54. The minimum Gasteiger partial charge on any atom is -0.354 e. The number of thiazole rings is 1. The van der Waals surface area contributed by atoms with Crippen molar-refractivity contribution in [1.29, 1.82) is 0 Å². The van der Waals surface area contributed by atoms with E-state index in [2.05, 4.69) is 30.9 Å². The maximum Gasteiger partial charge on any atom is 0.191 e. The number of anilines is 1. The van der Waals surface area contributed by atoms with Crippen LogP contribution < -0.4 is 15.5 Å². The van der Waals surface area contributed by atoms with Crippen molar-refractivity contribution in [3.8, 4) is 0 Å². The highest BCUT2D eigenvalue weighted by Crippen LogP contribution is 2.25. The molecule has 1 aliphatic heterocycles. The van der Waals surface area contributed by atoms with Gasteiger partial charge in [-0.15, -0.1) is 35.3 Å². The van der Waals surface area contributed by atoms with E-state index in [9.17, 15) is 0 Å². The second-order valence-corrected chi connectivity index (χ2v) is 8.52. The second-order valence-electron chi connectivity index (χ2n) is 7.69. The van der Waals surface area contributed by atoms with Gasteiger partial charge in [-0.1, -0.05) is 19.3 Å². The third kappa shape index (κ3) is 6.74. The lowest BCUT2D eigenvalue weighted by Crippen LogP contribution is -2.50. The minimum absolute atomic E-state index is 0. The average molecular weight is 507 g/mol. The fraction of sp³-hybridized carbons (Fsp3) is 0.789. The average Bonchev–Trinajstić information content (AvgIpc) is 3.16. The van der Waals surface area contributed by atoms with Crippen molar-refractivity contribution in [2.24, 2.45) is 4.99 Å². The molecule has 0 radical (unpaired) electrons. The molecule has 0 amide bonds. The van der Waals surface area contributed by atoms with Crippen molar-refractivity contribution >= 4 is 46.4 Å². The van der Waals surface area contributed by atoms with Gasteiger partial charge in [0.1, 0.15) is 0 Å². The predicted molar refractivity (Wildman–Crippen MR) is 127 cm³/mol. The first-order chi connectivity index (χ1) is 12.7. The highest BCUT2D eigenvalue weighted by Gasteiger charge is 2.26. The van der Waals surface area contributed by atoms with Crippen LogP contribution in [0.4, 0.5) is 5.13 Å². The zero-order valence-corrected chi connectivity index (χ0v) is 20.1. The summed E-state index contributed by atoms with van der Waals surface area (Å²) in [5.74, 6) is 0.889. The Morgan fingerprint density at radius 1 is 1.22 bits per heavy atom. The normalized spacial score (nSPS) is 20.2. The van der Waals surface area contributed by atoms with Crippen LogP contribution in [0.25, 0.3) is 0 Å². The van der Waals surface area contributed by atoms with Crippen LogP contribution >= 0.6 is 35.3 Å². The Morgan fingerprint density at radius 3 is 2.52 bits per heavy atom. The second kappa shape index (κ2) is 11.4. The van der Waals surface area contributed by atoms with Gasteiger partial charge in [0.05, 0.1) is 12.2 Å². The Bertz CT molecular complexity index is 577. The highest BCUT2D eigenvalue weighted by atomic mass is 127. The van der Waals surface area contributed by atoms with Crippen molar-refractivity contribution in [3.05, 3.63) is 11.1 Å². The largest absolute Gasteiger partial charge is 0.354 e. The number of rotatable bonds is 5. The number of guanidine groups is 1. The number of hydrogen-bond donors (Lipinski definition) is 2. The topological polar surface area (TPSA) is 55.8 Å². The van der Waals surface area contributed by atoms with Gasteiger partial charge in [0.15, 0.2) is 11.1 Å². The number of aliphatic imine (C=N–C) groups is 1. The monoisotopic (exact) mass is 506 g/mol. The number of likely N-dealkylation sites (tertiary alicyclic amines) is 1. The smallest absolute Gasteiger partial charge is 0.191 e. The number of nitrogens with zero attached hydrogens (tertiary/aromatic N) is 4. The van der Waals surface area contributed by atoms with E-state index in [-0.39, 0.29) is 24.0 Å². The predicted octanol–water partition coefficient (Wildman–Crippen LogP) is 3.29. The lowest BCUT2D eigenvalue weighted by atomic mass is 9.92. The van der Waals surface area contributed by atoms with Gasteiger partial charge < -0.3 is 20.4 Å². The molecule has 3 rings (SSSR count). The maximum atomic E-state index is 4.62. The lowest BCUT2D eigenvalue weighted by molar-refractivity contribution is 0.119. The molecular weight excluding hydrogens is 471 g/mol. The van der Waals surface area contributed by atoms with Crippen molar-refractivity contribution in [1.82, 2.24) is 20.5 Å². The number of piperidine rings is 1. The van der Waals surface area contributed by atoms with Crippen LogP contribution in [0, 0.1) is 0 Å². The van der Waals surface area contributed by atoms with Gasteiger partial charge >= 0.3 is 0 Å². The molecule has 1 aliphatic carbocycles. The standard InChI is InChI=1S/C19H34N6S.HI/c1-20-18(21-13-16-14-26-19(23-16)24(2)3)22-15-9-11-25(12-10-15)17-7-5-4-6-8-17;/h14-15,17H,4-13H2,1-3H3,(H2,20,21,22);1H. The molecule has 1 saturated carbocycles. The van der Waals surface area contributed by atoms with Crippen molar-refractivity contribution in [2.75, 3.05) is 39.1 Å². The molecular formula is C19H35IN6S. The molecule has 1 saturated heterocycles. The van der Waals surface area contributed by atoms with Crippen LogP contribution in [0.5, 0.6) is 0 Å². The molecule has 1 aromatic rings. The fourth-order valence-electron chi connectivity index (χ4n) is 4.00. The Kier molecular flexibility index (Phi) is 9.58. The molecule has 2 heterocycles. The van der Waals surface area contributed by atoms with E-state index in [0.29, 0.717) is 12.6 Å². The number of hydrogen-bond acceptors (Lipinski definition) is 5. The van der Waals surface area contributed by atoms with E-state index in [4.69, 9.17) is 0 Å². The van der Waals surface area contributed by atoms with E-state index < -0.39 is 0 Å². The molecule has 8 heteroatoms. The molecule has 2 aliphatic rings. The first kappa shape index (κ1) is 22.7. The highest BCUT2D eigenvalue weighted by molar-refractivity contribution is 14.0. The van der Waals surface area contributed by atoms with Crippen LogP contribution in [0.1, 0.15) is 50.6 Å². The molecule has 0 atom stereocenters. The van der Waals surface area contributed by atoms with E-state index in [0.717, 1.165) is 22.8 Å². The molecule has 2 N–H and O–H groups in total. The summed E-state index contributed by atoms with van der Waals surface area (Å²) in [6.45, 7) is 3.15. The lowest BCUT2D eigenvalue weighted by Gasteiger charge is -2.39. The summed E-state index contributed by atoms with van der Waals surface area (Å²) in [5.41, 5.74) is 1.06. The van der Waals surface area contributed by atoms with Gasteiger partial charge in [-0.25, -0.2) is 4.98 Å². The van der Waals surface area contributed by atoms with Gasteiger partial charge in [0.2, 0.25) is 0 Å². The summed E-state index contributed by atoms with van der Waals surface area (Å²) in [6, 6.07) is 1.37. The molecule has 27 heavy (non-hydrogen) atoms. The Morgan fingerprint density at radius 2 is 1.93 bits per heavy atom. The Hall–Kier alpha value is -0.610. The summed E-state index contributed by atoms with van der Waals surface area (Å²) in [6.07, 6.45) is 9.51.